The number of rotatable bonds is 5. The Kier molecular flexibility index (Phi) is 6.18. The molecule has 174 valence electrons. The van der Waals surface area contributed by atoms with Gasteiger partial charge in [0.2, 0.25) is 0 Å². The third-order valence-electron chi connectivity index (χ3n) is 7.14. The highest BCUT2D eigenvalue weighted by molar-refractivity contribution is 6.10. The van der Waals surface area contributed by atoms with Gasteiger partial charge in [0, 0.05) is 30.9 Å². The smallest absolute Gasteiger partial charge is 0.144 e. The van der Waals surface area contributed by atoms with Crippen LogP contribution in [0.25, 0.3) is 0 Å². The Bertz CT molecular complexity index is 1200. The van der Waals surface area contributed by atoms with Gasteiger partial charge in [0.25, 0.3) is 0 Å². The molecule has 0 saturated heterocycles. The number of Topliss-reactive ketones (excluding diaryl/α,β-unsaturated/α-hetero) is 1. The van der Waals surface area contributed by atoms with Crippen molar-refractivity contribution in [2.24, 2.45) is 10.9 Å². The zero-order valence-electron chi connectivity index (χ0n) is 19.7. The van der Waals surface area contributed by atoms with Crippen molar-refractivity contribution in [2.45, 2.75) is 38.6 Å². The normalized spacial score (nSPS) is 21.6. The summed E-state index contributed by atoms with van der Waals surface area (Å²) in [5.41, 5.74) is 5.92. The van der Waals surface area contributed by atoms with Gasteiger partial charge < -0.3 is 10.2 Å². The van der Waals surface area contributed by atoms with E-state index in [-0.39, 0.29) is 29.5 Å². The molecule has 3 aromatic carbocycles. The lowest BCUT2D eigenvalue weighted by Crippen LogP contribution is -2.38. The number of nitrogens with one attached hydrogen (secondary N) is 1. The molecule has 3 atom stereocenters. The van der Waals surface area contributed by atoms with Crippen LogP contribution < -0.4 is 10.2 Å². The molecule has 3 aromatic rings. The SMILES string of the molecule is CCN(CC)c1ccc(C2CC(=O)C3C(=Nc4ccccc4NC3c3ccc(F)cc3)C2)cc1. The Balaban J connectivity index is 1.50. The summed E-state index contributed by atoms with van der Waals surface area (Å²) in [5, 5.41) is 3.55. The second-order valence-electron chi connectivity index (χ2n) is 9.11. The molecule has 34 heavy (non-hydrogen) atoms. The van der Waals surface area contributed by atoms with Crippen LogP contribution >= 0.6 is 0 Å². The van der Waals surface area contributed by atoms with E-state index >= 15 is 0 Å². The van der Waals surface area contributed by atoms with Gasteiger partial charge >= 0.3 is 0 Å². The van der Waals surface area contributed by atoms with Crippen molar-refractivity contribution in [3.05, 3.63) is 89.7 Å². The Labute approximate surface area is 200 Å². The zero-order valence-corrected chi connectivity index (χ0v) is 19.7. The molecule has 1 fully saturated rings. The molecule has 1 N–H and O–H groups in total. The van der Waals surface area contributed by atoms with Gasteiger partial charge in [-0.3, -0.25) is 9.79 Å². The van der Waals surface area contributed by atoms with Crippen molar-refractivity contribution in [3.63, 3.8) is 0 Å². The van der Waals surface area contributed by atoms with Gasteiger partial charge in [-0.1, -0.05) is 36.4 Å². The van der Waals surface area contributed by atoms with Crippen molar-refractivity contribution in [1.82, 2.24) is 0 Å². The minimum absolute atomic E-state index is 0.104. The largest absolute Gasteiger partial charge is 0.375 e. The Morgan fingerprint density at radius 3 is 2.29 bits per heavy atom. The average molecular weight is 456 g/mol. The minimum atomic E-state index is -0.371. The topological polar surface area (TPSA) is 44.7 Å². The first-order valence-corrected chi connectivity index (χ1v) is 12.1. The number of benzene rings is 3. The predicted octanol–water partition coefficient (Wildman–Crippen LogP) is 6.67. The van der Waals surface area contributed by atoms with Gasteiger partial charge in [-0.25, -0.2) is 4.39 Å². The van der Waals surface area contributed by atoms with E-state index in [1.165, 1.54) is 23.4 Å². The number of nitrogens with zero attached hydrogens (tertiary/aromatic N) is 2. The second-order valence-corrected chi connectivity index (χ2v) is 9.11. The van der Waals surface area contributed by atoms with Gasteiger partial charge in [0.05, 0.1) is 23.3 Å². The molecule has 0 spiro atoms. The first kappa shape index (κ1) is 22.3. The highest BCUT2D eigenvalue weighted by Gasteiger charge is 2.41. The molecule has 5 rings (SSSR count). The highest BCUT2D eigenvalue weighted by Crippen LogP contribution is 2.44. The molecule has 0 bridgehead atoms. The average Bonchev–Trinajstić information content (AvgIpc) is 3.02. The monoisotopic (exact) mass is 455 g/mol. The predicted molar refractivity (Wildman–Crippen MR) is 137 cm³/mol. The van der Waals surface area contributed by atoms with Crippen LogP contribution in [0.3, 0.4) is 0 Å². The lowest BCUT2D eigenvalue weighted by molar-refractivity contribution is -0.122. The molecular formula is C29H30FN3O. The van der Waals surface area contributed by atoms with Crippen LogP contribution in [0.5, 0.6) is 0 Å². The van der Waals surface area contributed by atoms with E-state index in [0.717, 1.165) is 42.2 Å². The van der Waals surface area contributed by atoms with E-state index in [9.17, 15) is 9.18 Å². The summed E-state index contributed by atoms with van der Waals surface area (Å²) < 4.78 is 13.6. The number of aliphatic imine (C=N–C) groups is 1. The van der Waals surface area contributed by atoms with E-state index in [1.54, 1.807) is 12.1 Å². The second kappa shape index (κ2) is 9.41. The van der Waals surface area contributed by atoms with Gasteiger partial charge in [0.15, 0.2) is 0 Å². The van der Waals surface area contributed by atoms with Crippen molar-refractivity contribution in [1.29, 1.82) is 0 Å². The molecule has 5 heteroatoms. The summed E-state index contributed by atoms with van der Waals surface area (Å²) in [5.74, 6) is -0.372. The maximum Gasteiger partial charge on any atom is 0.144 e. The molecule has 1 saturated carbocycles. The summed E-state index contributed by atoms with van der Waals surface area (Å²) in [7, 11) is 0. The van der Waals surface area contributed by atoms with E-state index in [0.29, 0.717) is 6.42 Å². The Morgan fingerprint density at radius 2 is 1.59 bits per heavy atom. The molecule has 0 aromatic heterocycles. The number of fused-ring (bicyclic) bond motifs is 2. The van der Waals surface area contributed by atoms with E-state index in [4.69, 9.17) is 4.99 Å². The summed E-state index contributed by atoms with van der Waals surface area (Å²) >= 11 is 0. The number of hydrogen-bond acceptors (Lipinski definition) is 4. The highest BCUT2D eigenvalue weighted by atomic mass is 19.1. The summed E-state index contributed by atoms with van der Waals surface area (Å²) in [6.45, 7) is 6.25. The maximum atomic E-state index is 13.6. The van der Waals surface area contributed by atoms with Gasteiger partial charge in [0.1, 0.15) is 11.6 Å². The molecule has 0 radical (unpaired) electrons. The zero-order chi connectivity index (χ0) is 23.7. The third-order valence-corrected chi connectivity index (χ3v) is 7.14. The quantitative estimate of drug-likeness (QED) is 0.467. The lowest BCUT2D eigenvalue weighted by Gasteiger charge is -2.34. The van der Waals surface area contributed by atoms with Crippen LogP contribution in [-0.4, -0.2) is 24.6 Å². The third kappa shape index (κ3) is 4.23. The number of ketones is 1. The van der Waals surface area contributed by atoms with E-state index in [2.05, 4.69) is 48.3 Å². The summed E-state index contributed by atoms with van der Waals surface area (Å²) in [4.78, 5) is 21.0. The van der Waals surface area contributed by atoms with Gasteiger partial charge in [-0.05, 0) is 73.7 Å². The molecule has 1 heterocycles. The van der Waals surface area contributed by atoms with Crippen LogP contribution in [0.4, 0.5) is 21.5 Å². The number of halogens is 1. The minimum Gasteiger partial charge on any atom is -0.375 e. The first-order valence-electron chi connectivity index (χ1n) is 12.1. The standard InChI is InChI=1S/C29H30FN3O/c1-3-33(4-2)23-15-11-19(12-16-23)21-17-26-28(27(34)18-21)29(20-9-13-22(30)14-10-20)32-25-8-6-5-7-24(25)31-26/h5-16,21,28-29,32H,3-4,17-18H2,1-2H3. The van der Waals surface area contributed by atoms with Crippen LogP contribution in [-0.2, 0) is 4.79 Å². The van der Waals surface area contributed by atoms with Crippen LogP contribution in [0, 0.1) is 11.7 Å². The number of carbonyl (C=O) groups excluding carboxylic acids is 1. The molecule has 1 aliphatic heterocycles. The Morgan fingerprint density at radius 1 is 0.912 bits per heavy atom. The van der Waals surface area contributed by atoms with Gasteiger partial charge in [-0.2, -0.15) is 0 Å². The van der Waals surface area contributed by atoms with E-state index < -0.39 is 0 Å². The van der Waals surface area contributed by atoms with Crippen molar-refractivity contribution in [3.8, 4) is 0 Å². The first-order chi connectivity index (χ1) is 16.6. The molecule has 1 aliphatic carbocycles. The number of carbonyl (C=O) groups is 1. The number of para-hydroxylation sites is 2. The van der Waals surface area contributed by atoms with Crippen molar-refractivity contribution in [2.75, 3.05) is 23.3 Å². The fourth-order valence-electron chi connectivity index (χ4n) is 5.33. The van der Waals surface area contributed by atoms with Crippen molar-refractivity contribution < 1.29 is 9.18 Å². The molecular weight excluding hydrogens is 425 g/mol. The molecule has 3 unspecified atom stereocenters. The fraction of sp³-hybridized carbons (Fsp3) is 0.310. The van der Waals surface area contributed by atoms with Gasteiger partial charge in [-0.15, -0.1) is 0 Å². The summed E-state index contributed by atoms with van der Waals surface area (Å²) in [6, 6.07) is 22.7. The maximum absolute atomic E-state index is 13.6. The Hall–Kier alpha value is -3.47. The lowest BCUT2D eigenvalue weighted by atomic mass is 9.72. The number of anilines is 2. The number of hydrogen-bond donors (Lipinski definition) is 1. The van der Waals surface area contributed by atoms with Crippen LogP contribution in [0.2, 0.25) is 0 Å². The molecule has 4 nitrogen and oxygen atoms in total. The molecule has 0 amide bonds. The van der Waals surface area contributed by atoms with Crippen LogP contribution in [0.1, 0.15) is 49.8 Å². The van der Waals surface area contributed by atoms with Crippen LogP contribution in [0.15, 0.2) is 77.8 Å². The van der Waals surface area contributed by atoms with E-state index in [1.807, 2.05) is 24.3 Å². The fourth-order valence-corrected chi connectivity index (χ4v) is 5.33. The van der Waals surface area contributed by atoms with Crippen molar-refractivity contribution >= 4 is 28.6 Å². The summed E-state index contributed by atoms with van der Waals surface area (Å²) in [6.07, 6.45) is 1.21. The molecule has 2 aliphatic rings.